The van der Waals surface area contributed by atoms with Crippen molar-refractivity contribution in [1.82, 2.24) is 5.32 Å². The van der Waals surface area contributed by atoms with Crippen molar-refractivity contribution >= 4 is 11.9 Å². The van der Waals surface area contributed by atoms with Crippen molar-refractivity contribution in [3.8, 4) is 11.3 Å². The zero-order chi connectivity index (χ0) is 18.4. The topological polar surface area (TPSA) is 99.8 Å². The minimum atomic E-state index is -1.10. The summed E-state index contributed by atoms with van der Waals surface area (Å²) >= 11 is 0. The van der Waals surface area contributed by atoms with Gasteiger partial charge < -0.3 is 14.6 Å². The Bertz CT molecular complexity index is 708. The van der Waals surface area contributed by atoms with Crippen molar-refractivity contribution in [2.45, 2.75) is 38.8 Å². The third-order valence-electron chi connectivity index (χ3n) is 3.83. The molecule has 1 heterocycles. The Hall–Kier alpha value is -2.60. The van der Waals surface area contributed by atoms with E-state index >= 15 is 0 Å². The first kappa shape index (κ1) is 18.7. The molecule has 6 heteroatoms. The largest absolute Gasteiger partial charge is 0.480 e. The molecule has 3 N–H and O–H groups in total. The van der Waals surface area contributed by atoms with E-state index in [-0.39, 0.29) is 12.3 Å². The smallest absolute Gasteiger partial charge is 0.321 e. The molecule has 2 atom stereocenters. The second-order valence-corrected chi connectivity index (χ2v) is 6.41. The van der Waals surface area contributed by atoms with Crippen LogP contribution in [0.15, 0.2) is 46.9 Å². The molecule has 0 radical (unpaired) electrons. The summed E-state index contributed by atoms with van der Waals surface area (Å²) in [5, 5.41) is 21.4. The lowest BCUT2D eigenvalue weighted by atomic mass is 10.0. The van der Waals surface area contributed by atoms with Gasteiger partial charge >= 0.3 is 11.9 Å². The molecular formula is C19H23NO5. The van der Waals surface area contributed by atoms with Gasteiger partial charge in [-0.2, -0.15) is 0 Å². The zero-order valence-electron chi connectivity index (χ0n) is 14.3. The first-order chi connectivity index (χ1) is 11.9. The van der Waals surface area contributed by atoms with E-state index in [1.165, 1.54) is 0 Å². The van der Waals surface area contributed by atoms with Crippen LogP contribution in [0.1, 0.15) is 26.0 Å². The molecule has 0 spiro atoms. The molecule has 1 unspecified atom stereocenters. The number of hydrogen-bond donors (Lipinski definition) is 3. The first-order valence-electron chi connectivity index (χ1n) is 8.22. The number of carboxylic acids is 2. The number of nitrogens with one attached hydrogen (secondary N) is 1. The average Bonchev–Trinajstić information content (AvgIpc) is 3.02. The number of hydrogen-bond acceptors (Lipinski definition) is 4. The average molecular weight is 345 g/mol. The van der Waals surface area contributed by atoms with E-state index in [0.717, 1.165) is 5.56 Å². The molecule has 1 aromatic carbocycles. The van der Waals surface area contributed by atoms with Crippen LogP contribution in [0.2, 0.25) is 0 Å². The maximum atomic E-state index is 11.5. The Kier molecular flexibility index (Phi) is 6.36. The molecule has 0 aliphatic carbocycles. The number of rotatable bonds is 9. The van der Waals surface area contributed by atoms with Crippen LogP contribution >= 0.6 is 0 Å². The molecule has 0 aliphatic rings. The molecule has 1 aromatic heterocycles. The quantitative estimate of drug-likeness (QED) is 0.646. The van der Waals surface area contributed by atoms with E-state index < -0.39 is 24.0 Å². The normalized spacial score (nSPS) is 13.6. The van der Waals surface area contributed by atoms with Crippen molar-refractivity contribution in [1.29, 1.82) is 0 Å². The van der Waals surface area contributed by atoms with Gasteiger partial charge in [0.25, 0.3) is 0 Å². The third-order valence-corrected chi connectivity index (χ3v) is 3.83. The van der Waals surface area contributed by atoms with Crippen molar-refractivity contribution in [3.05, 3.63) is 48.2 Å². The third kappa shape index (κ3) is 5.46. The lowest BCUT2D eigenvalue weighted by molar-refractivity contribution is -0.143. The minimum absolute atomic E-state index is 0.0735. The molecule has 0 fully saturated rings. The van der Waals surface area contributed by atoms with Gasteiger partial charge in [-0.3, -0.25) is 14.9 Å². The fourth-order valence-electron chi connectivity index (χ4n) is 2.62. The minimum Gasteiger partial charge on any atom is -0.480 e. The molecule has 2 aromatic rings. The fourth-order valence-corrected chi connectivity index (χ4v) is 2.62. The molecule has 0 aliphatic heterocycles. The Morgan fingerprint density at radius 1 is 1.00 bits per heavy atom. The van der Waals surface area contributed by atoms with Crippen molar-refractivity contribution in [3.63, 3.8) is 0 Å². The van der Waals surface area contributed by atoms with Gasteiger partial charge in [0.1, 0.15) is 23.6 Å². The summed E-state index contributed by atoms with van der Waals surface area (Å²) < 4.78 is 5.72. The molecule has 0 saturated heterocycles. The Morgan fingerprint density at radius 2 is 1.64 bits per heavy atom. The summed E-state index contributed by atoms with van der Waals surface area (Å²) in [7, 11) is 0. The Labute approximate surface area is 146 Å². The van der Waals surface area contributed by atoms with E-state index in [9.17, 15) is 19.8 Å². The van der Waals surface area contributed by atoms with Crippen molar-refractivity contribution in [2.24, 2.45) is 5.92 Å². The van der Waals surface area contributed by atoms with Gasteiger partial charge in [-0.1, -0.05) is 44.2 Å². The summed E-state index contributed by atoms with van der Waals surface area (Å²) in [5.41, 5.74) is 0.900. The van der Waals surface area contributed by atoms with Crippen LogP contribution < -0.4 is 5.32 Å². The van der Waals surface area contributed by atoms with Gasteiger partial charge in [0.05, 0.1) is 0 Å². The fraction of sp³-hybridized carbons (Fsp3) is 0.368. The summed E-state index contributed by atoms with van der Waals surface area (Å²) in [5.74, 6) is -0.877. The summed E-state index contributed by atoms with van der Waals surface area (Å²) in [6.45, 7) is 3.79. The van der Waals surface area contributed by atoms with Crippen LogP contribution in [0.4, 0.5) is 0 Å². The maximum absolute atomic E-state index is 11.5. The SMILES string of the molecule is CC(C)C[C@H](NC(Cc1ccc(-c2ccccc2)o1)C(=O)O)C(=O)O. The van der Waals surface area contributed by atoms with Gasteiger partial charge in [-0.05, 0) is 24.5 Å². The monoisotopic (exact) mass is 345 g/mol. The number of aliphatic carboxylic acids is 2. The molecule has 25 heavy (non-hydrogen) atoms. The second kappa shape index (κ2) is 8.48. The molecule has 2 rings (SSSR count). The van der Waals surface area contributed by atoms with Crippen LogP contribution in [-0.4, -0.2) is 34.2 Å². The maximum Gasteiger partial charge on any atom is 0.321 e. The molecular weight excluding hydrogens is 322 g/mol. The van der Waals surface area contributed by atoms with E-state index in [1.54, 1.807) is 12.1 Å². The van der Waals surface area contributed by atoms with Gasteiger partial charge in [0, 0.05) is 12.0 Å². The highest BCUT2D eigenvalue weighted by atomic mass is 16.4. The summed E-state index contributed by atoms with van der Waals surface area (Å²) in [6.07, 6.45) is 0.427. The highest BCUT2D eigenvalue weighted by molar-refractivity contribution is 5.77. The standard InChI is InChI=1S/C19H23NO5/c1-12(2)10-15(18(21)22)20-16(19(23)24)11-14-8-9-17(25-14)13-6-4-3-5-7-13/h3-9,12,15-16,20H,10-11H2,1-2H3,(H,21,22)(H,23,24)/t15-,16?/m0/s1. The van der Waals surface area contributed by atoms with Gasteiger partial charge in [0.2, 0.25) is 0 Å². The van der Waals surface area contributed by atoms with Gasteiger partial charge in [-0.25, -0.2) is 0 Å². The summed E-state index contributed by atoms with van der Waals surface area (Å²) in [6, 6.07) is 11.0. The van der Waals surface area contributed by atoms with E-state index in [2.05, 4.69) is 5.32 Å². The van der Waals surface area contributed by atoms with Gasteiger partial charge in [-0.15, -0.1) is 0 Å². The Balaban J connectivity index is 2.10. The molecule has 134 valence electrons. The molecule has 0 amide bonds. The zero-order valence-corrected chi connectivity index (χ0v) is 14.3. The van der Waals surface area contributed by atoms with Crippen LogP contribution in [-0.2, 0) is 16.0 Å². The van der Waals surface area contributed by atoms with Gasteiger partial charge in [0.15, 0.2) is 0 Å². The van der Waals surface area contributed by atoms with Crippen LogP contribution in [0.5, 0.6) is 0 Å². The number of benzene rings is 1. The van der Waals surface area contributed by atoms with Crippen LogP contribution in [0.25, 0.3) is 11.3 Å². The predicted molar refractivity (Wildman–Crippen MR) is 93.3 cm³/mol. The Morgan fingerprint density at radius 3 is 2.20 bits per heavy atom. The lowest BCUT2D eigenvalue weighted by Gasteiger charge is -2.21. The van der Waals surface area contributed by atoms with E-state index in [1.807, 2.05) is 44.2 Å². The van der Waals surface area contributed by atoms with E-state index in [0.29, 0.717) is 17.9 Å². The molecule has 0 bridgehead atoms. The van der Waals surface area contributed by atoms with Crippen molar-refractivity contribution in [2.75, 3.05) is 0 Å². The number of furan rings is 1. The number of carboxylic acid groups (broad SMARTS) is 2. The second-order valence-electron chi connectivity index (χ2n) is 6.41. The summed E-state index contributed by atoms with van der Waals surface area (Å²) in [4.78, 5) is 22.9. The van der Waals surface area contributed by atoms with E-state index in [4.69, 9.17) is 4.42 Å². The first-order valence-corrected chi connectivity index (χ1v) is 8.22. The molecule has 6 nitrogen and oxygen atoms in total. The van der Waals surface area contributed by atoms with Crippen LogP contribution in [0.3, 0.4) is 0 Å². The number of carbonyl (C=O) groups is 2. The predicted octanol–water partition coefficient (Wildman–Crippen LogP) is 3.03. The molecule has 0 saturated carbocycles. The lowest BCUT2D eigenvalue weighted by Crippen LogP contribution is -2.48. The highest BCUT2D eigenvalue weighted by Crippen LogP contribution is 2.22. The highest BCUT2D eigenvalue weighted by Gasteiger charge is 2.27. The van der Waals surface area contributed by atoms with Crippen molar-refractivity contribution < 1.29 is 24.2 Å². The van der Waals surface area contributed by atoms with Crippen LogP contribution in [0, 0.1) is 5.92 Å².